The van der Waals surface area contributed by atoms with Crippen molar-refractivity contribution in [3.05, 3.63) is 12.1 Å². The highest BCUT2D eigenvalue weighted by atomic mass is 16.5. The summed E-state index contributed by atoms with van der Waals surface area (Å²) in [5.41, 5.74) is -0.0721. The molecule has 0 bridgehead atoms. The average Bonchev–Trinajstić information content (AvgIpc) is 2.34. The molecule has 1 aromatic rings. The summed E-state index contributed by atoms with van der Waals surface area (Å²) in [5, 5.41) is 23.4. The molecule has 0 aliphatic carbocycles. The van der Waals surface area contributed by atoms with Gasteiger partial charge in [0.15, 0.2) is 0 Å². The van der Waals surface area contributed by atoms with Gasteiger partial charge in [-0.05, 0) is 6.07 Å². The molecule has 0 saturated carbocycles. The lowest BCUT2D eigenvalue weighted by molar-refractivity contribution is 0.186. The summed E-state index contributed by atoms with van der Waals surface area (Å²) in [7, 11) is 2.31. The van der Waals surface area contributed by atoms with E-state index >= 15 is 0 Å². The minimum atomic E-state index is -0.806. The van der Waals surface area contributed by atoms with Gasteiger partial charge in [0.1, 0.15) is 11.5 Å². The number of rotatable bonds is 2. The van der Waals surface area contributed by atoms with Crippen LogP contribution >= 0.6 is 0 Å². The maximum absolute atomic E-state index is 11.0. The molecule has 0 fully saturated rings. The number of carbonyl (C=O) groups is 2. The molecule has 18 heavy (non-hydrogen) atoms. The van der Waals surface area contributed by atoms with Gasteiger partial charge in [0.05, 0.1) is 25.6 Å². The molecule has 8 heteroatoms. The second-order valence-electron chi connectivity index (χ2n) is 3.12. The van der Waals surface area contributed by atoms with E-state index in [4.69, 9.17) is 0 Å². The van der Waals surface area contributed by atoms with E-state index in [9.17, 15) is 19.8 Å². The van der Waals surface area contributed by atoms with Crippen LogP contribution in [0.25, 0.3) is 0 Å². The van der Waals surface area contributed by atoms with E-state index in [0.29, 0.717) is 0 Å². The van der Waals surface area contributed by atoms with E-state index in [2.05, 4.69) is 20.1 Å². The van der Waals surface area contributed by atoms with Crippen molar-refractivity contribution in [1.82, 2.24) is 0 Å². The highest BCUT2D eigenvalue weighted by molar-refractivity contribution is 5.92. The lowest BCUT2D eigenvalue weighted by Gasteiger charge is -2.11. The van der Waals surface area contributed by atoms with E-state index in [1.807, 2.05) is 0 Å². The SMILES string of the molecule is COC(=O)Nc1cc(NC(=O)OC)c(O)cc1O. The van der Waals surface area contributed by atoms with Crippen LogP contribution in [0.5, 0.6) is 11.5 Å². The van der Waals surface area contributed by atoms with E-state index in [1.165, 1.54) is 0 Å². The van der Waals surface area contributed by atoms with Gasteiger partial charge < -0.3 is 19.7 Å². The molecule has 8 nitrogen and oxygen atoms in total. The molecule has 2 amide bonds. The number of amides is 2. The molecule has 0 aromatic heterocycles. The number of hydrogen-bond acceptors (Lipinski definition) is 6. The number of phenolic OH excluding ortho intramolecular Hbond substituents is 2. The predicted molar refractivity (Wildman–Crippen MR) is 61.8 cm³/mol. The maximum Gasteiger partial charge on any atom is 0.411 e. The zero-order valence-electron chi connectivity index (χ0n) is 9.68. The quantitative estimate of drug-likeness (QED) is 0.470. The van der Waals surface area contributed by atoms with Crippen LogP contribution in [0, 0.1) is 0 Å². The van der Waals surface area contributed by atoms with Crippen molar-refractivity contribution < 1.29 is 29.3 Å². The molecule has 0 unspecified atom stereocenters. The molecule has 4 N–H and O–H groups in total. The fourth-order valence-electron chi connectivity index (χ4n) is 1.10. The topological polar surface area (TPSA) is 117 Å². The Hall–Kier alpha value is -2.64. The first kappa shape index (κ1) is 13.4. The number of hydrogen-bond donors (Lipinski definition) is 4. The summed E-state index contributed by atoms with van der Waals surface area (Å²) in [6, 6.07) is 2.11. The lowest BCUT2D eigenvalue weighted by Crippen LogP contribution is -2.13. The summed E-state index contributed by atoms with van der Waals surface area (Å²) in [4.78, 5) is 22.0. The fraction of sp³-hybridized carbons (Fsp3) is 0.200. The number of ether oxygens (including phenoxy) is 2. The number of benzene rings is 1. The highest BCUT2D eigenvalue weighted by Crippen LogP contribution is 2.35. The molecule has 1 rings (SSSR count). The molecule has 0 saturated heterocycles. The number of anilines is 2. The van der Waals surface area contributed by atoms with Crippen molar-refractivity contribution in [2.45, 2.75) is 0 Å². The third-order valence-corrected chi connectivity index (χ3v) is 1.96. The molecule has 98 valence electrons. The van der Waals surface area contributed by atoms with E-state index < -0.39 is 12.2 Å². The number of methoxy groups -OCH3 is 2. The summed E-state index contributed by atoms with van der Waals surface area (Å²) in [6.45, 7) is 0. The van der Waals surface area contributed by atoms with Crippen molar-refractivity contribution in [3.8, 4) is 11.5 Å². The summed E-state index contributed by atoms with van der Waals surface area (Å²) in [5.74, 6) is -0.762. The first-order valence-electron chi connectivity index (χ1n) is 4.73. The van der Waals surface area contributed by atoms with Gasteiger partial charge in [-0.1, -0.05) is 0 Å². The van der Waals surface area contributed by atoms with Crippen molar-refractivity contribution in [2.24, 2.45) is 0 Å². The fourth-order valence-corrected chi connectivity index (χ4v) is 1.10. The summed E-state index contributed by atoms with van der Waals surface area (Å²) >= 11 is 0. The Kier molecular flexibility index (Phi) is 4.19. The minimum absolute atomic E-state index is 0.0361. The third kappa shape index (κ3) is 3.17. The van der Waals surface area contributed by atoms with Gasteiger partial charge in [0.25, 0.3) is 0 Å². The van der Waals surface area contributed by atoms with Gasteiger partial charge in [0, 0.05) is 6.07 Å². The Balaban J connectivity index is 3.02. The van der Waals surface area contributed by atoms with Gasteiger partial charge in [-0.25, -0.2) is 9.59 Å². The van der Waals surface area contributed by atoms with Crippen LogP contribution in [0.1, 0.15) is 0 Å². The number of carbonyl (C=O) groups excluding carboxylic acids is 2. The first-order chi connectivity index (χ1) is 8.47. The number of phenols is 2. The van der Waals surface area contributed by atoms with Crippen molar-refractivity contribution in [1.29, 1.82) is 0 Å². The molecule has 0 heterocycles. The lowest BCUT2D eigenvalue weighted by atomic mass is 10.2. The minimum Gasteiger partial charge on any atom is -0.506 e. The Morgan fingerprint density at radius 1 is 0.944 bits per heavy atom. The average molecular weight is 256 g/mol. The first-order valence-corrected chi connectivity index (χ1v) is 4.73. The standard InChI is InChI=1S/C10H12N2O6/c1-17-9(15)11-5-3-6(12-10(16)18-2)8(14)4-7(5)13/h3-4,13-14H,1-2H3,(H,11,15)(H,12,16). The van der Waals surface area contributed by atoms with Crippen LogP contribution in [0.15, 0.2) is 12.1 Å². The van der Waals surface area contributed by atoms with Crippen LogP contribution in [-0.4, -0.2) is 36.6 Å². The van der Waals surface area contributed by atoms with Crippen LogP contribution in [-0.2, 0) is 9.47 Å². The van der Waals surface area contributed by atoms with Gasteiger partial charge in [-0.15, -0.1) is 0 Å². The predicted octanol–water partition coefficient (Wildman–Crippen LogP) is 1.45. The second-order valence-corrected chi connectivity index (χ2v) is 3.12. The molecular weight excluding hydrogens is 244 g/mol. The van der Waals surface area contributed by atoms with Crippen LogP contribution in [0.2, 0.25) is 0 Å². The highest BCUT2D eigenvalue weighted by Gasteiger charge is 2.13. The molecule has 0 aliphatic heterocycles. The van der Waals surface area contributed by atoms with Crippen LogP contribution < -0.4 is 10.6 Å². The Morgan fingerprint density at radius 2 is 1.33 bits per heavy atom. The monoisotopic (exact) mass is 256 g/mol. The molecule has 0 atom stereocenters. The number of nitrogens with one attached hydrogen (secondary N) is 2. The second kappa shape index (κ2) is 5.62. The Bertz CT molecular complexity index is 434. The largest absolute Gasteiger partial charge is 0.506 e. The zero-order chi connectivity index (χ0) is 13.7. The Morgan fingerprint density at radius 3 is 1.67 bits per heavy atom. The third-order valence-electron chi connectivity index (χ3n) is 1.96. The van der Waals surface area contributed by atoms with E-state index in [-0.39, 0.29) is 22.9 Å². The number of aromatic hydroxyl groups is 2. The van der Waals surface area contributed by atoms with Crippen molar-refractivity contribution in [2.75, 3.05) is 24.9 Å². The van der Waals surface area contributed by atoms with Crippen LogP contribution in [0.4, 0.5) is 21.0 Å². The molecule has 0 aliphatic rings. The van der Waals surface area contributed by atoms with Gasteiger partial charge in [-0.2, -0.15) is 0 Å². The van der Waals surface area contributed by atoms with Gasteiger partial charge >= 0.3 is 12.2 Å². The van der Waals surface area contributed by atoms with E-state index in [0.717, 1.165) is 26.4 Å². The van der Waals surface area contributed by atoms with E-state index in [1.54, 1.807) is 0 Å². The Labute approximate surface area is 102 Å². The molecule has 1 aromatic carbocycles. The maximum atomic E-state index is 11.0. The van der Waals surface area contributed by atoms with Gasteiger partial charge in [0.2, 0.25) is 0 Å². The smallest absolute Gasteiger partial charge is 0.411 e. The normalized spacial score (nSPS) is 9.44. The van der Waals surface area contributed by atoms with Crippen LogP contribution in [0.3, 0.4) is 0 Å². The zero-order valence-corrected chi connectivity index (χ0v) is 9.68. The van der Waals surface area contributed by atoms with Crippen molar-refractivity contribution >= 4 is 23.6 Å². The summed E-state index contributed by atoms with van der Waals surface area (Å²) in [6.07, 6.45) is -1.61. The summed E-state index contributed by atoms with van der Waals surface area (Å²) < 4.78 is 8.69. The molecular formula is C10H12N2O6. The molecule has 0 radical (unpaired) electrons. The van der Waals surface area contributed by atoms with Gasteiger partial charge in [-0.3, -0.25) is 10.6 Å². The molecule has 0 spiro atoms. The van der Waals surface area contributed by atoms with Crippen molar-refractivity contribution in [3.63, 3.8) is 0 Å².